The monoisotopic (exact) mass is 260 g/mol. The van der Waals surface area contributed by atoms with Gasteiger partial charge in [0, 0.05) is 30.9 Å². The minimum absolute atomic E-state index is 0.0330. The van der Waals surface area contributed by atoms with Crippen molar-refractivity contribution in [2.75, 3.05) is 13.1 Å². The van der Waals surface area contributed by atoms with Crippen molar-refractivity contribution in [3.63, 3.8) is 0 Å². The smallest absolute Gasteiger partial charge is 0.276 e. The van der Waals surface area contributed by atoms with Gasteiger partial charge in [-0.25, -0.2) is 0 Å². The number of aromatic amines is 2. The highest BCUT2D eigenvalue weighted by Gasteiger charge is 2.27. The molecule has 3 heterocycles. The van der Waals surface area contributed by atoms with Gasteiger partial charge in [0.05, 0.1) is 5.69 Å². The van der Waals surface area contributed by atoms with Gasteiger partial charge >= 0.3 is 0 Å². The molecule has 1 aliphatic heterocycles. The molecule has 0 aromatic carbocycles. The number of aromatic nitrogens is 5. The number of rotatable bonds is 2. The van der Waals surface area contributed by atoms with Crippen LogP contribution in [-0.4, -0.2) is 49.5 Å². The van der Waals surface area contributed by atoms with E-state index in [-0.39, 0.29) is 5.91 Å². The molecular formula is C12H16N6O. The maximum Gasteiger partial charge on any atom is 0.276 e. The van der Waals surface area contributed by atoms with Crippen LogP contribution >= 0.6 is 0 Å². The Morgan fingerprint density at radius 3 is 2.74 bits per heavy atom. The maximum atomic E-state index is 12.3. The molecule has 2 aromatic rings. The molecule has 2 aromatic heterocycles. The molecule has 0 bridgehead atoms. The van der Waals surface area contributed by atoms with Crippen molar-refractivity contribution in [1.29, 1.82) is 0 Å². The first kappa shape index (κ1) is 11.9. The lowest BCUT2D eigenvalue weighted by Crippen LogP contribution is -2.38. The third-order valence-corrected chi connectivity index (χ3v) is 3.67. The van der Waals surface area contributed by atoms with Crippen molar-refractivity contribution in [1.82, 2.24) is 30.5 Å². The summed E-state index contributed by atoms with van der Waals surface area (Å²) < 4.78 is 0. The first-order valence-corrected chi connectivity index (χ1v) is 6.41. The molecular weight excluding hydrogens is 244 g/mol. The molecule has 0 atom stereocenters. The fourth-order valence-corrected chi connectivity index (χ4v) is 2.52. The standard InChI is InChI=1S/C12H16N6O/c1-8-11(16-17-14-8)12(19)18-6-3-9(4-7-18)10-2-5-13-15-10/h2,5,9H,3-4,6-7H2,1H3,(H,13,15)(H,14,16,17). The Kier molecular flexibility index (Phi) is 3.02. The maximum absolute atomic E-state index is 12.3. The van der Waals surface area contributed by atoms with Gasteiger partial charge in [-0.05, 0) is 25.8 Å². The van der Waals surface area contributed by atoms with E-state index in [1.54, 1.807) is 13.1 Å². The Balaban J connectivity index is 1.64. The first-order valence-electron chi connectivity index (χ1n) is 6.41. The Morgan fingerprint density at radius 1 is 1.37 bits per heavy atom. The van der Waals surface area contributed by atoms with Crippen molar-refractivity contribution in [2.45, 2.75) is 25.7 Å². The Bertz CT molecular complexity index is 553. The summed E-state index contributed by atoms with van der Waals surface area (Å²) >= 11 is 0. The van der Waals surface area contributed by atoms with Crippen LogP contribution in [-0.2, 0) is 0 Å². The summed E-state index contributed by atoms with van der Waals surface area (Å²) in [5.74, 6) is 0.430. The zero-order valence-electron chi connectivity index (χ0n) is 10.8. The summed E-state index contributed by atoms with van der Waals surface area (Å²) in [6.45, 7) is 3.28. The average Bonchev–Trinajstić information content (AvgIpc) is 3.09. The van der Waals surface area contributed by atoms with E-state index in [9.17, 15) is 4.79 Å². The van der Waals surface area contributed by atoms with Crippen LogP contribution in [0.2, 0.25) is 0 Å². The summed E-state index contributed by atoms with van der Waals surface area (Å²) in [5.41, 5.74) is 2.24. The number of hydrogen-bond acceptors (Lipinski definition) is 4. The van der Waals surface area contributed by atoms with Crippen LogP contribution in [0.5, 0.6) is 0 Å². The molecule has 100 valence electrons. The van der Waals surface area contributed by atoms with Crippen LogP contribution in [0.4, 0.5) is 0 Å². The minimum Gasteiger partial charge on any atom is -0.337 e. The predicted octanol–water partition coefficient (Wildman–Crippen LogP) is 0.856. The molecule has 1 aliphatic rings. The van der Waals surface area contributed by atoms with Gasteiger partial charge in [0.25, 0.3) is 5.91 Å². The van der Waals surface area contributed by atoms with E-state index in [2.05, 4.69) is 25.6 Å². The average molecular weight is 260 g/mol. The Hall–Kier alpha value is -2.18. The molecule has 1 saturated heterocycles. The summed E-state index contributed by atoms with van der Waals surface area (Å²) in [5, 5.41) is 17.3. The molecule has 0 unspecified atom stereocenters. The lowest BCUT2D eigenvalue weighted by molar-refractivity contribution is 0.0705. The van der Waals surface area contributed by atoms with E-state index in [0.29, 0.717) is 17.3 Å². The molecule has 0 saturated carbocycles. The second-order valence-electron chi connectivity index (χ2n) is 4.84. The third kappa shape index (κ3) is 2.23. The van der Waals surface area contributed by atoms with E-state index < -0.39 is 0 Å². The number of piperidine rings is 1. The number of amides is 1. The highest BCUT2D eigenvalue weighted by atomic mass is 16.2. The van der Waals surface area contributed by atoms with Gasteiger partial charge < -0.3 is 4.90 Å². The van der Waals surface area contributed by atoms with Crippen LogP contribution in [0.1, 0.15) is 40.6 Å². The third-order valence-electron chi connectivity index (χ3n) is 3.67. The van der Waals surface area contributed by atoms with Crippen LogP contribution < -0.4 is 0 Å². The van der Waals surface area contributed by atoms with E-state index in [0.717, 1.165) is 31.6 Å². The van der Waals surface area contributed by atoms with Gasteiger partial charge in [0.15, 0.2) is 5.69 Å². The van der Waals surface area contributed by atoms with Gasteiger partial charge in [-0.15, -0.1) is 0 Å². The van der Waals surface area contributed by atoms with Gasteiger partial charge in [0.2, 0.25) is 0 Å². The second-order valence-corrected chi connectivity index (χ2v) is 4.84. The molecule has 7 nitrogen and oxygen atoms in total. The zero-order valence-corrected chi connectivity index (χ0v) is 10.8. The Morgan fingerprint density at radius 2 is 2.16 bits per heavy atom. The number of carbonyl (C=O) groups is 1. The van der Waals surface area contributed by atoms with Crippen molar-refractivity contribution >= 4 is 5.91 Å². The molecule has 0 aliphatic carbocycles. The summed E-state index contributed by atoms with van der Waals surface area (Å²) in [4.78, 5) is 14.1. The fourth-order valence-electron chi connectivity index (χ4n) is 2.52. The van der Waals surface area contributed by atoms with Gasteiger partial charge in [-0.2, -0.15) is 20.5 Å². The topological polar surface area (TPSA) is 90.6 Å². The molecule has 0 spiro atoms. The van der Waals surface area contributed by atoms with Crippen molar-refractivity contribution in [3.8, 4) is 0 Å². The van der Waals surface area contributed by atoms with Crippen molar-refractivity contribution in [2.24, 2.45) is 0 Å². The summed E-state index contributed by atoms with van der Waals surface area (Å²) in [6, 6.07) is 2.00. The van der Waals surface area contributed by atoms with Crippen LogP contribution in [0.15, 0.2) is 12.3 Å². The van der Waals surface area contributed by atoms with Gasteiger partial charge in [-0.1, -0.05) is 0 Å². The SMILES string of the molecule is Cc1n[nH]nc1C(=O)N1CCC(c2ccn[nH]2)CC1. The van der Waals surface area contributed by atoms with Gasteiger partial charge in [0.1, 0.15) is 0 Å². The highest BCUT2D eigenvalue weighted by molar-refractivity contribution is 5.93. The largest absolute Gasteiger partial charge is 0.337 e. The number of nitrogens with zero attached hydrogens (tertiary/aromatic N) is 4. The number of likely N-dealkylation sites (tertiary alicyclic amines) is 1. The van der Waals surface area contributed by atoms with E-state index in [1.807, 2.05) is 11.0 Å². The van der Waals surface area contributed by atoms with Crippen molar-refractivity contribution in [3.05, 3.63) is 29.3 Å². The molecule has 1 amide bonds. The Labute approximate surface area is 110 Å². The van der Waals surface area contributed by atoms with Crippen LogP contribution in [0.3, 0.4) is 0 Å². The molecule has 7 heteroatoms. The number of carbonyl (C=O) groups excluding carboxylic acids is 1. The zero-order chi connectivity index (χ0) is 13.2. The first-order chi connectivity index (χ1) is 9.25. The molecule has 1 fully saturated rings. The molecule has 2 N–H and O–H groups in total. The highest BCUT2D eigenvalue weighted by Crippen LogP contribution is 2.26. The van der Waals surface area contributed by atoms with E-state index >= 15 is 0 Å². The second kappa shape index (κ2) is 4.83. The molecule has 0 radical (unpaired) electrons. The summed E-state index contributed by atoms with van der Waals surface area (Å²) in [7, 11) is 0. The van der Waals surface area contributed by atoms with E-state index in [4.69, 9.17) is 0 Å². The van der Waals surface area contributed by atoms with Gasteiger partial charge in [-0.3, -0.25) is 9.89 Å². The number of nitrogens with one attached hydrogen (secondary N) is 2. The normalized spacial score (nSPS) is 16.8. The molecule has 19 heavy (non-hydrogen) atoms. The predicted molar refractivity (Wildman–Crippen MR) is 67.6 cm³/mol. The minimum atomic E-state index is -0.0330. The van der Waals surface area contributed by atoms with Crippen LogP contribution in [0.25, 0.3) is 0 Å². The molecule has 3 rings (SSSR count). The lowest BCUT2D eigenvalue weighted by Gasteiger charge is -2.31. The fraction of sp³-hybridized carbons (Fsp3) is 0.500. The number of H-pyrrole nitrogens is 2. The number of hydrogen-bond donors (Lipinski definition) is 2. The summed E-state index contributed by atoms with van der Waals surface area (Å²) in [6.07, 6.45) is 3.67. The quantitative estimate of drug-likeness (QED) is 0.837. The lowest BCUT2D eigenvalue weighted by atomic mass is 9.93. The van der Waals surface area contributed by atoms with Crippen LogP contribution in [0, 0.1) is 6.92 Å². The van der Waals surface area contributed by atoms with E-state index in [1.165, 1.54) is 0 Å². The van der Waals surface area contributed by atoms with Crippen molar-refractivity contribution < 1.29 is 4.79 Å². The number of aryl methyl sites for hydroxylation is 1.